The molecule has 0 aliphatic carbocycles. The van der Waals surface area contributed by atoms with Gasteiger partial charge in [-0.2, -0.15) is 15.4 Å². The molecule has 0 unspecified atom stereocenters. The van der Waals surface area contributed by atoms with Gasteiger partial charge in [0.2, 0.25) is 0 Å². The van der Waals surface area contributed by atoms with Gasteiger partial charge in [0.25, 0.3) is 0 Å². The molecule has 1 aliphatic heterocycles. The zero-order valence-electron chi connectivity index (χ0n) is 7.67. The van der Waals surface area contributed by atoms with Crippen LogP contribution in [0.2, 0.25) is 0 Å². The zero-order valence-corrected chi connectivity index (χ0v) is 7.67. The molecule has 1 aliphatic rings. The Morgan fingerprint density at radius 3 is 3.15 bits per heavy atom. The Morgan fingerprint density at radius 1 is 1.46 bits per heavy atom. The lowest BCUT2D eigenvalue weighted by Crippen LogP contribution is -2.30. The third-order valence-electron chi connectivity index (χ3n) is 2.22. The van der Waals surface area contributed by atoms with Crippen LogP contribution >= 0.6 is 0 Å². The molecule has 1 aromatic heterocycles. The Balaban J connectivity index is 2.03. The van der Waals surface area contributed by atoms with Crippen molar-refractivity contribution in [2.75, 3.05) is 13.1 Å². The van der Waals surface area contributed by atoms with E-state index in [1.165, 1.54) is 0 Å². The summed E-state index contributed by atoms with van der Waals surface area (Å²) in [6.45, 7) is 4.61. The lowest BCUT2D eigenvalue weighted by molar-refractivity contribution is 0.281. The number of aromatic nitrogens is 3. The van der Waals surface area contributed by atoms with Crippen LogP contribution in [0.3, 0.4) is 0 Å². The Kier molecular flexibility index (Phi) is 2.28. The second-order valence-electron chi connectivity index (χ2n) is 3.10. The standard InChI is InChI=1S/C9H12N4/c1-2-3-5-13-6-4-8-9(7-13)11-12-10-8/h4-7H2,1H3,(H,10,11,12). The van der Waals surface area contributed by atoms with E-state index in [0.29, 0.717) is 0 Å². The van der Waals surface area contributed by atoms with E-state index < -0.39 is 0 Å². The minimum atomic E-state index is 0.836. The summed E-state index contributed by atoms with van der Waals surface area (Å²) in [4.78, 5) is 2.28. The SMILES string of the molecule is CC#CCN1CCc2n[nH]nc2C1. The monoisotopic (exact) mass is 176 g/mol. The highest BCUT2D eigenvalue weighted by Gasteiger charge is 2.18. The van der Waals surface area contributed by atoms with Crippen molar-refractivity contribution in [3.05, 3.63) is 11.4 Å². The highest BCUT2D eigenvalue weighted by Crippen LogP contribution is 2.12. The van der Waals surface area contributed by atoms with E-state index in [9.17, 15) is 0 Å². The van der Waals surface area contributed by atoms with Gasteiger partial charge in [0.05, 0.1) is 17.9 Å². The molecule has 0 fully saturated rings. The van der Waals surface area contributed by atoms with Crippen LogP contribution in [-0.2, 0) is 13.0 Å². The van der Waals surface area contributed by atoms with Crippen molar-refractivity contribution in [2.24, 2.45) is 0 Å². The number of H-pyrrole nitrogens is 1. The minimum absolute atomic E-state index is 0.836. The van der Waals surface area contributed by atoms with Gasteiger partial charge in [0.1, 0.15) is 0 Å². The second-order valence-corrected chi connectivity index (χ2v) is 3.10. The lowest BCUT2D eigenvalue weighted by Gasteiger charge is -2.22. The van der Waals surface area contributed by atoms with Crippen molar-refractivity contribution in [2.45, 2.75) is 19.9 Å². The van der Waals surface area contributed by atoms with Crippen LogP contribution in [0.4, 0.5) is 0 Å². The summed E-state index contributed by atoms with van der Waals surface area (Å²) >= 11 is 0. The summed E-state index contributed by atoms with van der Waals surface area (Å²) in [7, 11) is 0. The first-order valence-corrected chi connectivity index (χ1v) is 4.40. The maximum Gasteiger partial charge on any atom is 0.0997 e. The number of rotatable bonds is 1. The number of nitrogens with one attached hydrogen (secondary N) is 1. The highest BCUT2D eigenvalue weighted by molar-refractivity contribution is 5.13. The molecule has 0 saturated carbocycles. The fourth-order valence-electron chi connectivity index (χ4n) is 1.48. The lowest BCUT2D eigenvalue weighted by atomic mass is 10.1. The van der Waals surface area contributed by atoms with Crippen LogP contribution in [0.1, 0.15) is 18.3 Å². The first-order chi connectivity index (χ1) is 6.40. The Hall–Kier alpha value is -1.34. The third-order valence-corrected chi connectivity index (χ3v) is 2.22. The van der Waals surface area contributed by atoms with Crippen molar-refractivity contribution in [1.82, 2.24) is 20.3 Å². The van der Waals surface area contributed by atoms with E-state index in [2.05, 4.69) is 32.2 Å². The number of aromatic amines is 1. The third kappa shape index (κ3) is 1.70. The largest absolute Gasteiger partial charge is 0.286 e. The van der Waals surface area contributed by atoms with Crippen molar-refractivity contribution in [3.8, 4) is 11.8 Å². The van der Waals surface area contributed by atoms with Crippen molar-refractivity contribution >= 4 is 0 Å². The fraction of sp³-hybridized carbons (Fsp3) is 0.556. The van der Waals surface area contributed by atoms with E-state index in [0.717, 1.165) is 37.4 Å². The van der Waals surface area contributed by atoms with E-state index in [1.54, 1.807) is 0 Å². The van der Waals surface area contributed by atoms with Crippen LogP contribution in [0.5, 0.6) is 0 Å². The average molecular weight is 176 g/mol. The van der Waals surface area contributed by atoms with Crippen molar-refractivity contribution < 1.29 is 0 Å². The normalized spacial score (nSPS) is 16.1. The second kappa shape index (κ2) is 3.58. The van der Waals surface area contributed by atoms with Crippen molar-refractivity contribution in [3.63, 3.8) is 0 Å². The van der Waals surface area contributed by atoms with Crippen LogP contribution < -0.4 is 0 Å². The van der Waals surface area contributed by atoms with Crippen LogP contribution in [0.25, 0.3) is 0 Å². The molecule has 0 amide bonds. The zero-order chi connectivity index (χ0) is 9.10. The molecule has 68 valence electrons. The Morgan fingerprint density at radius 2 is 2.31 bits per heavy atom. The molecule has 13 heavy (non-hydrogen) atoms. The molecule has 0 saturated heterocycles. The maximum absolute atomic E-state index is 4.09. The smallest absolute Gasteiger partial charge is 0.0997 e. The van der Waals surface area contributed by atoms with E-state index >= 15 is 0 Å². The summed E-state index contributed by atoms with van der Waals surface area (Å²) in [5, 5.41) is 10.8. The number of nitrogens with zero attached hydrogens (tertiary/aromatic N) is 3. The predicted octanol–water partition coefficient (Wildman–Crippen LogP) is 0.186. The minimum Gasteiger partial charge on any atom is -0.286 e. The molecule has 2 rings (SSSR count). The van der Waals surface area contributed by atoms with E-state index in [4.69, 9.17) is 0 Å². The van der Waals surface area contributed by atoms with Crippen molar-refractivity contribution in [1.29, 1.82) is 0 Å². The van der Waals surface area contributed by atoms with Gasteiger partial charge in [-0.1, -0.05) is 5.92 Å². The average Bonchev–Trinajstić information content (AvgIpc) is 2.61. The summed E-state index contributed by atoms with van der Waals surface area (Å²) in [6, 6.07) is 0. The molecule has 4 nitrogen and oxygen atoms in total. The number of hydrogen-bond acceptors (Lipinski definition) is 3. The van der Waals surface area contributed by atoms with Gasteiger partial charge in [-0.25, -0.2) is 0 Å². The predicted molar refractivity (Wildman–Crippen MR) is 48.8 cm³/mol. The Bertz CT molecular complexity index is 344. The van der Waals surface area contributed by atoms with Gasteiger partial charge < -0.3 is 0 Å². The molecule has 1 aromatic rings. The molecule has 0 atom stereocenters. The number of fused-ring (bicyclic) bond motifs is 1. The van der Waals surface area contributed by atoms with Crippen LogP contribution in [-0.4, -0.2) is 33.4 Å². The van der Waals surface area contributed by atoms with Gasteiger partial charge in [0, 0.05) is 19.5 Å². The number of hydrogen-bond donors (Lipinski definition) is 1. The van der Waals surface area contributed by atoms with Gasteiger partial charge in [-0.15, -0.1) is 5.92 Å². The summed E-state index contributed by atoms with van der Waals surface area (Å²) in [5.41, 5.74) is 2.19. The van der Waals surface area contributed by atoms with Gasteiger partial charge in [-0.3, -0.25) is 4.90 Å². The molecule has 0 aromatic carbocycles. The molecule has 1 N–H and O–H groups in total. The Labute approximate surface area is 77.3 Å². The molecule has 0 bridgehead atoms. The maximum atomic E-state index is 4.09. The molecule has 4 heteroatoms. The van der Waals surface area contributed by atoms with Gasteiger partial charge >= 0.3 is 0 Å². The molecule has 0 radical (unpaired) electrons. The molecule has 0 spiro atoms. The molecule has 2 heterocycles. The first kappa shape index (κ1) is 8.27. The van der Waals surface area contributed by atoms with Gasteiger partial charge in [-0.05, 0) is 6.92 Å². The highest BCUT2D eigenvalue weighted by atomic mass is 15.3. The van der Waals surface area contributed by atoms with E-state index in [-0.39, 0.29) is 0 Å². The topological polar surface area (TPSA) is 44.8 Å². The summed E-state index contributed by atoms with van der Waals surface area (Å²) in [5.74, 6) is 5.96. The first-order valence-electron chi connectivity index (χ1n) is 4.40. The van der Waals surface area contributed by atoms with Crippen LogP contribution in [0, 0.1) is 11.8 Å². The summed E-state index contributed by atoms with van der Waals surface area (Å²) < 4.78 is 0. The van der Waals surface area contributed by atoms with Gasteiger partial charge in [0.15, 0.2) is 0 Å². The quantitative estimate of drug-likeness (QED) is 0.621. The molecular formula is C9H12N4. The van der Waals surface area contributed by atoms with Crippen LogP contribution in [0.15, 0.2) is 0 Å². The molecular weight excluding hydrogens is 164 g/mol. The van der Waals surface area contributed by atoms with E-state index in [1.807, 2.05) is 6.92 Å². The fourth-order valence-corrected chi connectivity index (χ4v) is 1.48. The summed E-state index contributed by atoms with van der Waals surface area (Å²) in [6.07, 6.45) is 0.983.